The molecule has 0 amide bonds. The first-order valence-electron chi connectivity index (χ1n) is 7.80. The number of aliphatic hydroxyl groups excluding tert-OH is 1. The second-order valence-electron chi connectivity index (χ2n) is 6.67. The van der Waals surface area contributed by atoms with Crippen molar-refractivity contribution in [3.63, 3.8) is 0 Å². The zero-order chi connectivity index (χ0) is 14.0. The molecule has 2 saturated carbocycles. The Morgan fingerprint density at radius 1 is 1.25 bits per heavy atom. The summed E-state index contributed by atoms with van der Waals surface area (Å²) in [5, 5.41) is 14.1. The van der Waals surface area contributed by atoms with Gasteiger partial charge in [-0.15, -0.1) is 0 Å². The van der Waals surface area contributed by atoms with E-state index in [9.17, 15) is 5.11 Å². The molecule has 0 radical (unpaired) electrons. The van der Waals surface area contributed by atoms with Crippen molar-refractivity contribution in [1.29, 1.82) is 0 Å². The molecular formula is C17H24ClNO. The predicted octanol–water partition coefficient (Wildman–Crippen LogP) is 3.73. The van der Waals surface area contributed by atoms with Gasteiger partial charge >= 0.3 is 0 Å². The van der Waals surface area contributed by atoms with Crippen molar-refractivity contribution < 1.29 is 5.11 Å². The topological polar surface area (TPSA) is 32.3 Å². The minimum Gasteiger partial charge on any atom is -0.396 e. The first-order valence-corrected chi connectivity index (χ1v) is 8.18. The quantitative estimate of drug-likeness (QED) is 0.867. The van der Waals surface area contributed by atoms with E-state index in [-0.39, 0.29) is 5.41 Å². The van der Waals surface area contributed by atoms with E-state index in [0.29, 0.717) is 18.6 Å². The van der Waals surface area contributed by atoms with E-state index in [2.05, 4.69) is 17.4 Å². The molecule has 3 rings (SSSR count). The van der Waals surface area contributed by atoms with Gasteiger partial charge in [0.25, 0.3) is 0 Å². The highest BCUT2D eigenvalue weighted by Crippen LogP contribution is 2.40. The average Bonchev–Trinajstić information content (AvgIpc) is 2.86. The van der Waals surface area contributed by atoms with E-state index in [4.69, 9.17) is 11.6 Å². The van der Waals surface area contributed by atoms with Gasteiger partial charge in [0.05, 0.1) is 0 Å². The van der Waals surface area contributed by atoms with Gasteiger partial charge in [-0.05, 0) is 49.3 Å². The molecule has 2 N–H and O–H groups in total. The third-order valence-corrected chi connectivity index (χ3v) is 5.46. The van der Waals surface area contributed by atoms with E-state index in [1.807, 2.05) is 12.1 Å². The SMILES string of the molecule is OCC1(CNC2CC(c3cccc(Cl)c3)C2)CCCC1. The van der Waals surface area contributed by atoms with E-state index in [0.717, 1.165) is 11.6 Å². The van der Waals surface area contributed by atoms with Crippen molar-refractivity contribution in [1.82, 2.24) is 5.32 Å². The highest BCUT2D eigenvalue weighted by molar-refractivity contribution is 6.30. The summed E-state index contributed by atoms with van der Waals surface area (Å²) in [6.45, 7) is 1.32. The van der Waals surface area contributed by atoms with Crippen LogP contribution in [-0.2, 0) is 0 Å². The molecule has 110 valence electrons. The van der Waals surface area contributed by atoms with Crippen LogP contribution in [0, 0.1) is 5.41 Å². The fourth-order valence-corrected chi connectivity index (χ4v) is 3.89. The van der Waals surface area contributed by atoms with Crippen molar-refractivity contribution in [2.45, 2.75) is 50.5 Å². The molecule has 20 heavy (non-hydrogen) atoms. The zero-order valence-electron chi connectivity index (χ0n) is 11.9. The Hall–Kier alpha value is -0.570. The van der Waals surface area contributed by atoms with E-state index < -0.39 is 0 Å². The molecular weight excluding hydrogens is 270 g/mol. The van der Waals surface area contributed by atoms with E-state index in [1.165, 1.54) is 44.1 Å². The van der Waals surface area contributed by atoms with Crippen molar-refractivity contribution in [3.05, 3.63) is 34.9 Å². The zero-order valence-corrected chi connectivity index (χ0v) is 12.7. The normalized spacial score (nSPS) is 28.3. The molecule has 0 saturated heterocycles. The fraction of sp³-hybridized carbons (Fsp3) is 0.647. The standard InChI is InChI=1S/C17H24ClNO/c18-15-5-3-4-13(8-15)14-9-16(10-14)19-11-17(12-20)6-1-2-7-17/h3-5,8,14,16,19-20H,1-2,6-7,9-12H2. The average molecular weight is 294 g/mol. The summed E-state index contributed by atoms with van der Waals surface area (Å²) in [5.41, 5.74) is 1.54. The number of halogens is 1. The molecule has 0 atom stereocenters. The maximum Gasteiger partial charge on any atom is 0.0499 e. The van der Waals surface area contributed by atoms with Crippen molar-refractivity contribution in [2.24, 2.45) is 5.41 Å². The minimum atomic E-state index is 0.168. The first-order chi connectivity index (χ1) is 9.71. The maximum absolute atomic E-state index is 9.63. The molecule has 2 aliphatic rings. The monoisotopic (exact) mass is 293 g/mol. The smallest absolute Gasteiger partial charge is 0.0499 e. The lowest BCUT2D eigenvalue weighted by Gasteiger charge is -2.39. The van der Waals surface area contributed by atoms with Crippen molar-refractivity contribution in [2.75, 3.05) is 13.2 Å². The Morgan fingerprint density at radius 3 is 2.65 bits per heavy atom. The molecule has 0 bridgehead atoms. The van der Waals surface area contributed by atoms with Crippen molar-refractivity contribution in [3.8, 4) is 0 Å². The summed E-state index contributed by atoms with van der Waals surface area (Å²) < 4.78 is 0. The molecule has 1 aromatic carbocycles. The van der Waals surface area contributed by atoms with E-state index >= 15 is 0 Å². The Labute approximate surface area is 126 Å². The predicted molar refractivity (Wildman–Crippen MR) is 83.2 cm³/mol. The van der Waals surface area contributed by atoms with Gasteiger partial charge < -0.3 is 10.4 Å². The lowest BCUT2D eigenvalue weighted by Crippen LogP contribution is -2.46. The highest BCUT2D eigenvalue weighted by Gasteiger charge is 2.36. The van der Waals surface area contributed by atoms with Crippen LogP contribution in [0.1, 0.15) is 50.0 Å². The van der Waals surface area contributed by atoms with Gasteiger partial charge in [-0.3, -0.25) is 0 Å². The molecule has 2 nitrogen and oxygen atoms in total. The summed E-state index contributed by atoms with van der Waals surface area (Å²) in [6, 6.07) is 8.86. The summed E-state index contributed by atoms with van der Waals surface area (Å²) in [5.74, 6) is 0.653. The number of hydrogen-bond donors (Lipinski definition) is 2. The Bertz CT molecular complexity index is 450. The maximum atomic E-state index is 9.63. The molecule has 0 unspecified atom stereocenters. The molecule has 0 aromatic heterocycles. The fourth-order valence-electron chi connectivity index (χ4n) is 3.69. The molecule has 0 aliphatic heterocycles. The van der Waals surface area contributed by atoms with Gasteiger partial charge in [0.1, 0.15) is 0 Å². The summed E-state index contributed by atoms with van der Waals surface area (Å²) >= 11 is 6.05. The summed E-state index contributed by atoms with van der Waals surface area (Å²) in [7, 11) is 0. The Balaban J connectivity index is 1.46. The second-order valence-corrected chi connectivity index (χ2v) is 7.10. The lowest BCUT2D eigenvalue weighted by atomic mass is 9.75. The molecule has 2 aliphatic carbocycles. The number of benzene rings is 1. The largest absolute Gasteiger partial charge is 0.396 e. The van der Waals surface area contributed by atoms with Gasteiger partial charge in [0.2, 0.25) is 0 Å². The second kappa shape index (κ2) is 6.05. The number of rotatable bonds is 5. The van der Waals surface area contributed by atoms with Crippen molar-refractivity contribution >= 4 is 11.6 Å². The summed E-state index contributed by atoms with van der Waals surface area (Å²) in [4.78, 5) is 0. The van der Waals surface area contributed by atoms with Crippen LogP contribution >= 0.6 is 11.6 Å². The third-order valence-electron chi connectivity index (χ3n) is 5.22. The molecule has 0 spiro atoms. The van der Waals surface area contributed by atoms with Crippen LogP contribution in [0.25, 0.3) is 0 Å². The van der Waals surface area contributed by atoms with Crippen LogP contribution < -0.4 is 5.32 Å². The number of hydrogen-bond acceptors (Lipinski definition) is 2. The van der Waals surface area contributed by atoms with Crippen LogP contribution in [0.2, 0.25) is 5.02 Å². The lowest BCUT2D eigenvalue weighted by molar-refractivity contribution is 0.117. The summed E-state index contributed by atoms with van der Waals surface area (Å²) in [6.07, 6.45) is 7.31. The number of nitrogens with one attached hydrogen (secondary N) is 1. The van der Waals surface area contributed by atoms with E-state index in [1.54, 1.807) is 0 Å². The first kappa shape index (κ1) is 14.4. The van der Waals surface area contributed by atoms with Gasteiger partial charge in [-0.2, -0.15) is 0 Å². The molecule has 3 heteroatoms. The molecule has 0 heterocycles. The van der Waals surface area contributed by atoms with Gasteiger partial charge in [-0.25, -0.2) is 0 Å². The Kier molecular flexibility index (Phi) is 4.34. The van der Waals surface area contributed by atoms with Gasteiger partial charge in [0, 0.05) is 29.6 Å². The van der Waals surface area contributed by atoms with Crippen LogP contribution in [0.4, 0.5) is 0 Å². The van der Waals surface area contributed by atoms with Crippen LogP contribution in [-0.4, -0.2) is 24.3 Å². The Morgan fingerprint density at radius 2 is 2.00 bits per heavy atom. The number of aliphatic hydroxyl groups is 1. The molecule has 1 aromatic rings. The van der Waals surface area contributed by atoms with Crippen LogP contribution in [0.5, 0.6) is 0 Å². The van der Waals surface area contributed by atoms with Crippen LogP contribution in [0.3, 0.4) is 0 Å². The van der Waals surface area contributed by atoms with Gasteiger partial charge in [0.15, 0.2) is 0 Å². The molecule has 2 fully saturated rings. The van der Waals surface area contributed by atoms with Gasteiger partial charge in [-0.1, -0.05) is 36.6 Å². The third kappa shape index (κ3) is 3.03. The highest BCUT2D eigenvalue weighted by atomic mass is 35.5. The van der Waals surface area contributed by atoms with Crippen LogP contribution in [0.15, 0.2) is 24.3 Å². The minimum absolute atomic E-state index is 0.168.